The van der Waals surface area contributed by atoms with Crippen molar-refractivity contribution < 1.29 is 28.7 Å². The van der Waals surface area contributed by atoms with E-state index in [1.54, 1.807) is 49.6 Å². The molecule has 9 nitrogen and oxygen atoms in total. The molecule has 1 heterocycles. The number of amides is 5. The molecule has 3 aromatic rings. The predicted molar refractivity (Wildman–Crippen MR) is 147 cm³/mol. The Balaban J connectivity index is 1.46. The molecule has 0 aromatic heterocycles. The second-order valence-corrected chi connectivity index (χ2v) is 9.48. The van der Waals surface area contributed by atoms with E-state index < -0.39 is 17.8 Å². The van der Waals surface area contributed by atoms with Crippen molar-refractivity contribution in [1.29, 1.82) is 0 Å². The van der Waals surface area contributed by atoms with Crippen LogP contribution in [0.25, 0.3) is 6.08 Å². The topological polar surface area (TPSA) is 114 Å². The van der Waals surface area contributed by atoms with Crippen LogP contribution in [0, 0.1) is 0 Å². The average Bonchev–Trinajstić information content (AvgIpc) is 2.88. The van der Waals surface area contributed by atoms with E-state index in [0.717, 1.165) is 4.90 Å². The fourth-order valence-corrected chi connectivity index (χ4v) is 4.22. The first-order chi connectivity index (χ1) is 18.2. The van der Waals surface area contributed by atoms with Gasteiger partial charge in [-0.15, -0.1) is 0 Å². The summed E-state index contributed by atoms with van der Waals surface area (Å²) in [7, 11) is 1.55. The minimum absolute atomic E-state index is 0.143. The summed E-state index contributed by atoms with van der Waals surface area (Å²) >= 11 is 15.3. The van der Waals surface area contributed by atoms with Gasteiger partial charge in [-0.2, -0.15) is 0 Å². The van der Waals surface area contributed by atoms with Gasteiger partial charge in [0.15, 0.2) is 6.61 Å². The molecule has 4 rings (SSSR count). The molecular weight excluding hydrogens is 601 g/mol. The van der Waals surface area contributed by atoms with Crippen LogP contribution in [0.2, 0.25) is 10.0 Å². The van der Waals surface area contributed by atoms with Crippen LogP contribution in [0.4, 0.5) is 16.2 Å². The van der Waals surface area contributed by atoms with Crippen LogP contribution in [0.1, 0.15) is 5.56 Å². The number of ether oxygens (including phenoxy) is 2. The second kappa shape index (κ2) is 11.7. The summed E-state index contributed by atoms with van der Waals surface area (Å²) in [6, 6.07) is 14.9. The molecule has 2 N–H and O–H groups in total. The molecule has 1 fully saturated rings. The van der Waals surface area contributed by atoms with Crippen LogP contribution >= 0.6 is 39.1 Å². The predicted octanol–water partition coefficient (Wildman–Crippen LogP) is 5.45. The number of hydrogen-bond donors (Lipinski definition) is 2. The summed E-state index contributed by atoms with van der Waals surface area (Å²) in [6.07, 6.45) is 1.33. The second-order valence-electron chi connectivity index (χ2n) is 7.81. The highest BCUT2D eigenvalue weighted by molar-refractivity contribution is 9.10. The zero-order valence-electron chi connectivity index (χ0n) is 19.6. The third kappa shape index (κ3) is 6.16. The first-order valence-corrected chi connectivity index (χ1v) is 12.4. The zero-order chi connectivity index (χ0) is 27.4. The number of rotatable bonds is 7. The molecule has 194 valence electrons. The van der Waals surface area contributed by atoms with Crippen molar-refractivity contribution in [2.45, 2.75) is 0 Å². The lowest BCUT2D eigenvalue weighted by molar-refractivity contribution is -0.122. The molecule has 1 aliphatic rings. The molecule has 5 amide bonds. The number of imide groups is 2. The molecule has 1 aliphatic heterocycles. The number of methoxy groups -OCH3 is 1. The number of hydrogen-bond acceptors (Lipinski definition) is 6. The minimum atomic E-state index is -0.909. The Kier molecular flexibility index (Phi) is 8.35. The molecule has 0 saturated carbocycles. The van der Waals surface area contributed by atoms with Crippen molar-refractivity contribution in [3.63, 3.8) is 0 Å². The Hall–Kier alpha value is -3.86. The number of nitrogens with zero attached hydrogens (tertiary/aromatic N) is 1. The van der Waals surface area contributed by atoms with Crippen LogP contribution in [0.5, 0.6) is 11.5 Å². The maximum atomic E-state index is 13.1. The monoisotopic (exact) mass is 617 g/mol. The summed E-state index contributed by atoms with van der Waals surface area (Å²) in [6.45, 7) is -0.257. The number of benzene rings is 3. The van der Waals surface area contributed by atoms with Crippen molar-refractivity contribution in [2.75, 3.05) is 23.9 Å². The smallest absolute Gasteiger partial charge is 0.335 e. The number of carbonyl (C=O) groups is 4. The summed E-state index contributed by atoms with van der Waals surface area (Å²) in [5, 5.41) is 5.25. The first kappa shape index (κ1) is 27.2. The van der Waals surface area contributed by atoms with Gasteiger partial charge < -0.3 is 14.8 Å². The van der Waals surface area contributed by atoms with Crippen molar-refractivity contribution in [1.82, 2.24) is 5.32 Å². The Morgan fingerprint density at radius 3 is 2.42 bits per heavy atom. The van der Waals surface area contributed by atoms with E-state index in [2.05, 4.69) is 26.6 Å². The lowest BCUT2D eigenvalue weighted by Gasteiger charge is -2.26. The molecule has 12 heteroatoms. The van der Waals surface area contributed by atoms with E-state index >= 15 is 0 Å². The van der Waals surface area contributed by atoms with Gasteiger partial charge in [0.2, 0.25) is 0 Å². The lowest BCUT2D eigenvalue weighted by atomic mass is 10.1. The van der Waals surface area contributed by atoms with E-state index in [0.29, 0.717) is 27.2 Å². The Morgan fingerprint density at radius 1 is 1.03 bits per heavy atom. The average molecular weight is 619 g/mol. The third-order valence-electron chi connectivity index (χ3n) is 5.26. The van der Waals surface area contributed by atoms with Gasteiger partial charge in [-0.3, -0.25) is 19.7 Å². The number of barbiturate groups is 1. The maximum absolute atomic E-state index is 13.1. The third-order valence-corrected chi connectivity index (χ3v) is 6.62. The SMILES string of the molecule is COc1ccc(NC(=O)COc2ccc(/C=C3/C(=O)NC(=O)N(c4ccc(Cl)c(Cl)c4)C3=O)cc2Br)cc1. The van der Waals surface area contributed by atoms with Gasteiger partial charge in [-0.25, -0.2) is 9.69 Å². The molecule has 0 aliphatic carbocycles. The molecule has 0 spiro atoms. The van der Waals surface area contributed by atoms with Crippen LogP contribution in [0.3, 0.4) is 0 Å². The highest BCUT2D eigenvalue weighted by Gasteiger charge is 2.37. The van der Waals surface area contributed by atoms with Crippen LogP contribution in [-0.4, -0.2) is 37.5 Å². The minimum Gasteiger partial charge on any atom is -0.497 e. The van der Waals surface area contributed by atoms with E-state index in [-0.39, 0.29) is 33.8 Å². The Morgan fingerprint density at radius 2 is 1.76 bits per heavy atom. The summed E-state index contributed by atoms with van der Waals surface area (Å²) in [5.41, 5.74) is 0.936. The van der Waals surface area contributed by atoms with Crippen molar-refractivity contribution in [3.8, 4) is 11.5 Å². The lowest BCUT2D eigenvalue weighted by Crippen LogP contribution is -2.54. The summed E-state index contributed by atoms with van der Waals surface area (Å²) in [5.74, 6) is -1.01. The number of halogens is 3. The molecule has 38 heavy (non-hydrogen) atoms. The van der Waals surface area contributed by atoms with Gasteiger partial charge in [0, 0.05) is 5.69 Å². The van der Waals surface area contributed by atoms with Crippen LogP contribution in [-0.2, 0) is 14.4 Å². The summed E-state index contributed by atoms with van der Waals surface area (Å²) in [4.78, 5) is 51.0. The normalized spacial score (nSPS) is 14.4. The fourth-order valence-electron chi connectivity index (χ4n) is 3.42. The number of nitrogens with one attached hydrogen (secondary N) is 2. The number of urea groups is 1. The molecular formula is C26H18BrCl2N3O6. The highest BCUT2D eigenvalue weighted by Crippen LogP contribution is 2.31. The molecule has 0 bridgehead atoms. The molecule has 0 unspecified atom stereocenters. The van der Waals surface area contributed by atoms with Gasteiger partial charge in [0.05, 0.1) is 27.3 Å². The van der Waals surface area contributed by atoms with Crippen LogP contribution < -0.4 is 25.0 Å². The Bertz CT molecular complexity index is 1480. The van der Waals surface area contributed by atoms with Gasteiger partial charge in [0.1, 0.15) is 17.1 Å². The quantitative estimate of drug-likeness (QED) is 0.269. The van der Waals surface area contributed by atoms with Gasteiger partial charge >= 0.3 is 6.03 Å². The highest BCUT2D eigenvalue weighted by atomic mass is 79.9. The van der Waals surface area contributed by atoms with Gasteiger partial charge in [-0.05, 0) is 82.2 Å². The maximum Gasteiger partial charge on any atom is 0.335 e. The largest absolute Gasteiger partial charge is 0.497 e. The van der Waals surface area contributed by atoms with Crippen molar-refractivity contribution >= 4 is 80.3 Å². The number of anilines is 2. The number of carbonyl (C=O) groups excluding carboxylic acids is 4. The zero-order valence-corrected chi connectivity index (χ0v) is 22.7. The van der Waals surface area contributed by atoms with Crippen molar-refractivity contribution in [3.05, 3.63) is 86.3 Å². The van der Waals surface area contributed by atoms with E-state index in [1.165, 1.54) is 24.3 Å². The van der Waals surface area contributed by atoms with E-state index in [9.17, 15) is 19.2 Å². The van der Waals surface area contributed by atoms with E-state index in [4.69, 9.17) is 32.7 Å². The first-order valence-electron chi connectivity index (χ1n) is 10.9. The molecule has 0 atom stereocenters. The standard InChI is InChI=1S/C26H18BrCl2N3O6/c1-37-17-6-3-15(4-7-17)30-23(33)13-38-22-9-2-14(11-19(22)27)10-18-24(34)31-26(36)32(25(18)35)16-5-8-20(28)21(29)12-16/h2-12H,13H2,1H3,(H,30,33)(H,31,34,36)/b18-10-. The van der Waals surface area contributed by atoms with Gasteiger partial charge in [0.25, 0.3) is 17.7 Å². The molecule has 0 radical (unpaired) electrons. The molecule has 3 aromatic carbocycles. The van der Waals surface area contributed by atoms with E-state index in [1.807, 2.05) is 0 Å². The molecule has 1 saturated heterocycles. The summed E-state index contributed by atoms with van der Waals surface area (Å²) < 4.78 is 11.1. The fraction of sp³-hybridized carbons (Fsp3) is 0.0769. The Labute approximate surface area is 235 Å². The van der Waals surface area contributed by atoms with Crippen LogP contribution in [0.15, 0.2) is 70.7 Å². The van der Waals surface area contributed by atoms with Crippen molar-refractivity contribution in [2.24, 2.45) is 0 Å². The van der Waals surface area contributed by atoms with Gasteiger partial charge in [-0.1, -0.05) is 29.3 Å².